The van der Waals surface area contributed by atoms with Gasteiger partial charge in [0, 0.05) is 18.4 Å². The lowest BCUT2D eigenvalue weighted by Gasteiger charge is -2.12. The van der Waals surface area contributed by atoms with E-state index in [0.29, 0.717) is 37.5 Å². The number of carbonyl (C=O) groups is 2. The number of rotatable bonds is 8. The standard InChI is InChI=1S/C17H22N4O2/c1-13(2)14-4-6-16(7-5-14)20-17(23)15(10-19)11-21(12-22)9-3-8-18/h4-7,11-13H,3,8-9,18H2,1-2H3,(H,20,23)/b15-11-. The maximum absolute atomic E-state index is 12.1. The van der Waals surface area contributed by atoms with Crippen LogP contribution in [-0.2, 0) is 9.59 Å². The van der Waals surface area contributed by atoms with Gasteiger partial charge in [-0.25, -0.2) is 0 Å². The number of nitriles is 1. The van der Waals surface area contributed by atoms with Gasteiger partial charge in [0.05, 0.1) is 0 Å². The summed E-state index contributed by atoms with van der Waals surface area (Å²) < 4.78 is 0. The fraction of sp³-hybridized carbons (Fsp3) is 0.353. The molecule has 6 heteroatoms. The number of nitrogens with two attached hydrogens (primary N) is 1. The van der Waals surface area contributed by atoms with E-state index >= 15 is 0 Å². The van der Waals surface area contributed by atoms with Crippen molar-refractivity contribution in [2.75, 3.05) is 18.4 Å². The van der Waals surface area contributed by atoms with Gasteiger partial charge in [-0.05, 0) is 36.6 Å². The molecule has 0 aliphatic heterocycles. The third-order valence-corrected chi connectivity index (χ3v) is 3.25. The normalized spacial score (nSPS) is 11.0. The molecule has 122 valence electrons. The summed E-state index contributed by atoms with van der Waals surface area (Å²) in [5.74, 6) is -0.151. The number of amides is 2. The van der Waals surface area contributed by atoms with Gasteiger partial charge in [-0.1, -0.05) is 26.0 Å². The Balaban J connectivity index is 2.80. The number of carbonyl (C=O) groups excluding carboxylic acids is 2. The first-order valence-corrected chi connectivity index (χ1v) is 7.46. The molecule has 0 unspecified atom stereocenters. The second kappa shape index (κ2) is 9.38. The zero-order valence-corrected chi connectivity index (χ0v) is 13.5. The molecule has 0 spiro atoms. The van der Waals surface area contributed by atoms with E-state index in [2.05, 4.69) is 19.2 Å². The van der Waals surface area contributed by atoms with E-state index in [0.717, 1.165) is 5.56 Å². The Bertz CT molecular complexity index is 600. The van der Waals surface area contributed by atoms with Crippen LogP contribution in [0.5, 0.6) is 0 Å². The van der Waals surface area contributed by atoms with Gasteiger partial charge < -0.3 is 16.0 Å². The number of hydrogen-bond acceptors (Lipinski definition) is 4. The molecule has 6 nitrogen and oxygen atoms in total. The minimum atomic E-state index is -0.551. The first kappa shape index (κ1) is 18.4. The van der Waals surface area contributed by atoms with Crippen LogP contribution in [0.2, 0.25) is 0 Å². The molecule has 0 heterocycles. The van der Waals surface area contributed by atoms with E-state index < -0.39 is 5.91 Å². The fourth-order valence-electron chi connectivity index (χ4n) is 1.88. The Morgan fingerprint density at radius 2 is 2.04 bits per heavy atom. The summed E-state index contributed by atoms with van der Waals surface area (Å²) in [7, 11) is 0. The zero-order valence-electron chi connectivity index (χ0n) is 13.5. The molecule has 3 N–H and O–H groups in total. The molecular formula is C17H22N4O2. The highest BCUT2D eigenvalue weighted by atomic mass is 16.2. The molecule has 0 aliphatic carbocycles. The molecule has 0 aromatic heterocycles. The summed E-state index contributed by atoms with van der Waals surface area (Å²) in [5.41, 5.74) is 7.00. The van der Waals surface area contributed by atoms with Crippen LogP contribution < -0.4 is 11.1 Å². The monoisotopic (exact) mass is 314 g/mol. The Kier molecular flexibility index (Phi) is 7.51. The summed E-state index contributed by atoms with van der Waals surface area (Å²) in [6.07, 6.45) is 2.39. The van der Waals surface area contributed by atoms with Crippen LogP contribution in [0.25, 0.3) is 0 Å². The maximum Gasteiger partial charge on any atom is 0.267 e. The SMILES string of the molecule is CC(C)c1ccc(NC(=O)/C(C#N)=C\N(C=O)CCCN)cc1. The minimum absolute atomic E-state index is 0.137. The van der Waals surface area contributed by atoms with Crippen molar-refractivity contribution in [3.8, 4) is 6.07 Å². The largest absolute Gasteiger partial charge is 0.330 e. The quantitative estimate of drug-likeness (QED) is 0.435. The van der Waals surface area contributed by atoms with Gasteiger partial charge in [0.2, 0.25) is 6.41 Å². The van der Waals surface area contributed by atoms with Crippen LogP contribution in [0.1, 0.15) is 31.7 Å². The summed E-state index contributed by atoms with van der Waals surface area (Å²) in [6.45, 7) is 4.95. The van der Waals surface area contributed by atoms with E-state index in [1.807, 2.05) is 18.2 Å². The zero-order chi connectivity index (χ0) is 17.2. The average Bonchev–Trinajstić information content (AvgIpc) is 2.55. The number of anilines is 1. The van der Waals surface area contributed by atoms with Crippen LogP contribution in [0.15, 0.2) is 36.0 Å². The second-order valence-corrected chi connectivity index (χ2v) is 5.37. The maximum atomic E-state index is 12.1. The lowest BCUT2D eigenvalue weighted by molar-refractivity contribution is -0.116. The highest BCUT2D eigenvalue weighted by Gasteiger charge is 2.11. The summed E-state index contributed by atoms with van der Waals surface area (Å²) >= 11 is 0. The van der Waals surface area contributed by atoms with Crippen molar-refractivity contribution in [3.05, 3.63) is 41.6 Å². The van der Waals surface area contributed by atoms with Crippen molar-refractivity contribution in [1.82, 2.24) is 4.90 Å². The first-order chi connectivity index (χ1) is 11.0. The molecule has 23 heavy (non-hydrogen) atoms. The van der Waals surface area contributed by atoms with Crippen LogP contribution in [-0.4, -0.2) is 30.3 Å². The topological polar surface area (TPSA) is 99.2 Å². The van der Waals surface area contributed by atoms with Gasteiger partial charge >= 0.3 is 0 Å². The van der Waals surface area contributed by atoms with Gasteiger partial charge in [0.15, 0.2) is 0 Å². The van der Waals surface area contributed by atoms with Crippen molar-refractivity contribution >= 4 is 18.0 Å². The smallest absolute Gasteiger partial charge is 0.267 e. The fourth-order valence-corrected chi connectivity index (χ4v) is 1.88. The molecule has 0 atom stereocenters. The highest BCUT2D eigenvalue weighted by molar-refractivity contribution is 6.06. The van der Waals surface area contributed by atoms with E-state index in [1.165, 1.54) is 11.1 Å². The Hall–Kier alpha value is -2.65. The van der Waals surface area contributed by atoms with E-state index in [-0.39, 0.29) is 5.57 Å². The van der Waals surface area contributed by atoms with Gasteiger partial charge in [-0.2, -0.15) is 5.26 Å². The van der Waals surface area contributed by atoms with Gasteiger partial charge in [-0.3, -0.25) is 9.59 Å². The van der Waals surface area contributed by atoms with Crippen molar-refractivity contribution in [1.29, 1.82) is 5.26 Å². The van der Waals surface area contributed by atoms with Crippen LogP contribution in [0.3, 0.4) is 0 Å². The van der Waals surface area contributed by atoms with E-state index in [4.69, 9.17) is 11.0 Å². The first-order valence-electron chi connectivity index (χ1n) is 7.46. The molecular weight excluding hydrogens is 292 g/mol. The molecule has 0 saturated carbocycles. The van der Waals surface area contributed by atoms with Gasteiger partial charge in [-0.15, -0.1) is 0 Å². The second-order valence-electron chi connectivity index (χ2n) is 5.37. The number of hydrogen-bond donors (Lipinski definition) is 2. The number of nitrogens with one attached hydrogen (secondary N) is 1. The average molecular weight is 314 g/mol. The minimum Gasteiger partial charge on any atom is -0.330 e. The molecule has 0 bridgehead atoms. The van der Waals surface area contributed by atoms with E-state index in [1.54, 1.807) is 12.1 Å². The van der Waals surface area contributed by atoms with Crippen molar-refractivity contribution in [2.45, 2.75) is 26.2 Å². The molecule has 0 fully saturated rings. The summed E-state index contributed by atoms with van der Waals surface area (Å²) in [4.78, 5) is 24.3. The van der Waals surface area contributed by atoms with Crippen LogP contribution >= 0.6 is 0 Å². The summed E-state index contributed by atoms with van der Waals surface area (Å²) in [5, 5.41) is 11.8. The number of benzene rings is 1. The third kappa shape index (κ3) is 5.93. The van der Waals surface area contributed by atoms with Gasteiger partial charge in [0.1, 0.15) is 11.6 Å². The van der Waals surface area contributed by atoms with E-state index in [9.17, 15) is 9.59 Å². The molecule has 0 radical (unpaired) electrons. The third-order valence-electron chi connectivity index (χ3n) is 3.25. The lowest BCUT2D eigenvalue weighted by Crippen LogP contribution is -2.22. The van der Waals surface area contributed by atoms with Crippen molar-refractivity contribution in [2.24, 2.45) is 5.73 Å². The molecule has 0 saturated heterocycles. The molecule has 1 aromatic rings. The molecule has 1 aromatic carbocycles. The predicted molar refractivity (Wildman–Crippen MR) is 89.3 cm³/mol. The number of nitrogens with zero attached hydrogens (tertiary/aromatic N) is 2. The van der Waals surface area contributed by atoms with Gasteiger partial charge in [0.25, 0.3) is 5.91 Å². The summed E-state index contributed by atoms with van der Waals surface area (Å²) in [6, 6.07) is 9.23. The predicted octanol–water partition coefficient (Wildman–Crippen LogP) is 1.96. The van der Waals surface area contributed by atoms with Crippen LogP contribution in [0, 0.1) is 11.3 Å². The Morgan fingerprint density at radius 1 is 1.39 bits per heavy atom. The molecule has 1 rings (SSSR count). The molecule has 2 amide bonds. The highest BCUT2D eigenvalue weighted by Crippen LogP contribution is 2.17. The van der Waals surface area contributed by atoms with Crippen molar-refractivity contribution in [3.63, 3.8) is 0 Å². The molecule has 0 aliphatic rings. The van der Waals surface area contributed by atoms with Crippen molar-refractivity contribution < 1.29 is 9.59 Å². The Morgan fingerprint density at radius 3 is 2.52 bits per heavy atom. The lowest BCUT2D eigenvalue weighted by atomic mass is 10.0. The Labute approximate surface area is 136 Å². The van der Waals surface area contributed by atoms with Crippen LogP contribution in [0.4, 0.5) is 5.69 Å².